The first-order valence-corrected chi connectivity index (χ1v) is 7.31. The van der Waals surface area contributed by atoms with Gasteiger partial charge in [-0.3, -0.25) is 0 Å². The largest absolute Gasteiger partial charge is 0.433 e. The summed E-state index contributed by atoms with van der Waals surface area (Å²) in [6.07, 6.45) is -2.20. The van der Waals surface area contributed by atoms with Crippen molar-refractivity contribution in [3.63, 3.8) is 0 Å². The molecule has 1 aromatic carbocycles. The molecular weight excluding hydrogens is 362 g/mol. The van der Waals surface area contributed by atoms with E-state index in [1.165, 1.54) is 23.1 Å². The summed E-state index contributed by atoms with van der Waals surface area (Å²) in [4.78, 5) is 7.41. The molecule has 3 rings (SSSR count). The van der Waals surface area contributed by atoms with Crippen LogP contribution < -0.4 is 5.73 Å². The van der Waals surface area contributed by atoms with E-state index in [9.17, 15) is 17.6 Å². The van der Waals surface area contributed by atoms with E-state index in [1.807, 2.05) is 0 Å². The number of rotatable bonds is 3. The summed E-state index contributed by atoms with van der Waals surface area (Å²) in [6, 6.07) is 4.60. The predicted molar refractivity (Wildman–Crippen MR) is 82.5 cm³/mol. The number of nitrogens with two attached hydrogens (primary N) is 1. The van der Waals surface area contributed by atoms with Crippen LogP contribution in [0.2, 0.25) is 5.02 Å². The number of pyridine rings is 1. The van der Waals surface area contributed by atoms with Crippen molar-refractivity contribution in [1.29, 1.82) is 0 Å². The number of hydrogen-bond acceptors (Lipinski definition) is 4. The van der Waals surface area contributed by atoms with Crippen LogP contribution in [-0.2, 0) is 12.7 Å². The van der Waals surface area contributed by atoms with Crippen LogP contribution in [0.25, 0.3) is 17.1 Å². The molecule has 0 bridgehead atoms. The Labute approximate surface area is 144 Å². The van der Waals surface area contributed by atoms with Crippen LogP contribution in [0, 0.1) is 5.82 Å². The zero-order valence-corrected chi connectivity index (χ0v) is 13.2. The van der Waals surface area contributed by atoms with Crippen LogP contribution in [0.4, 0.5) is 17.6 Å². The standard InChI is InChI=1S/C15H10ClF4N5/c16-11-4-12(17)8(5-21)3-10(11)14-23-7-25(24-14)9-1-2-13(22-6-9)15(18,19)20/h1-4,6-7H,5,21H2. The summed E-state index contributed by atoms with van der Waals surface area (Å²) in [5, 5.41) is 4.24. The number of halogens is 5. The van der Waals surface area contributed by atoms with Gasteiger partial charge in [-0.25, -0.2) is 19.0 Å². The fraction of sp³-hybridized carbons (Fsp3) is 0.133. The van der Waals surface area contributed by atoms with Gasteiger partial charge in [-0.1, -0.05) is 11.6 Å². The van der Waals surface area contributed by atoms with Crippen molar-refractivity contribution in [1.82, 2.24) is 19.7 Å². The Hall–Kier alpha value is -2.52. The number of nitrogens with zero attached hydrogens (tertiary/aromatic N) is 4. The van der Waals surface area contributed by atoms with Gasteiger partial charge in [0.15, 0.2) is 5.82 Å². The molecule has 0 amide bonds. The first-order valence-electron chi connectivity index (χ1n) is 6.93. The first kappa shape index (κ1) is 17.3. The monoisotopic (exact) mass is 371 g/mol. The molecule has 0 atom stereocenters. The third kappa shape index (κ3) is 3.47. The molecule has 0 aliphatic rings. The van der Waals surface area contributed by atoms with E-state index in [4.69, 9.17) is 17.3 Å². The van der Waals surface area contributed by atoms with Gasteiger partial charge in [-0.05, 0) is 24.3 Å². The first-order chi connectivity index (χ1) is 11.8. The fourth-order valence-electron chi connectivity index (χ4n) is 2.12. The average molecular weight is 372 g/mol. The van der Waals surface area contributed by atoms with Gasteiger partial charge < -0.3 is 5.73 Å². The second kappa shape index (κ2) is 6.41. The van der Waals surface area contributed by atoms with E-state index >= 15 is 0 Å². The highest BCUT2D eigenvalue weighted by molar-refractivity contribution is 6.33. The van der Waals surface area contributed by atoms with Crippen LogP contribution in [0.5, 0.6) is 0 Å². The topological polar surface area (TPSA) is 69.6 Å². The Bertz CT molecular complexity index is 905. The van der Waals surface area contributed by atoms with Crippen molar-refractivity contribution < 1.29 is 17.6 Å². The van der Waals surface area contributed by atoms with Crippen LogP contribution in [0.15, 0.2) is 36.8 Å². The van der Waals surface area contributed by atoms with E-state index in [-0.39, 0.29) is 28.6 Å². The van der Waals surface area contributed by atoms with Gasteiger partial charge in [0.1, 0.15) is 17.8 Å². The highest BCUT2D eigenvalue weighted by Gasteiger charge is 2.32. The molecule has 0 radical (unpaired) electrons. The normalized spacial score (nSPS) is 11.8. The Kier molecular flexibility index (Phi) is 4.44. The number of aromatic nitrogens is 4. The summed E-state index contributed by atoms with van der Waals surface area (Å²) >= 11 is 6.01. The Morgan fingerprint density at radius 1 is 1.16 bits per heavy atom. The molecule has 0 saturated heterocycles. The van der Waals surface area contributed by atoms with Crippen molar-refractivity contribution in [2.75, 3.05) is 0 Å². The average Bonchev–Trinajstić information content (AvgIpc) is 3.04. The molecule has 10 heteroatoms. The SMILES string of the molecule is NCc1cc(-c2ncn(-c3ccc(C(F)(F)F)nc3)n2)c(Cl)cc1F. The van der Waals surface area contributed by atoms with Gasteiger partial charge in [0.25, 0.3) is 0 Å². The molecule has 25 heavy (non-hydrogen) atoms. The van der Waals surface area contributed by atoms with E-state index < -0.39 is 17.7 Å². The lowest BCUT2D eigenvalue weighted by molar-refractivity contribution is -0.141. The van der Waals surface area contributed by atoms with Crippen molar-refractivity contribution in [2.24, 2.45) is 5.73 Å². The van der Waals surface area contributed by atoms with Crippen molar-refractivity contribution in [3.05, 3.63) is 58.9 Å². The lowest BCUT2D eigenvalue weighted by Gasteiger charge is -2.06. The molecule has 2 aromatic heterocycles. The molecule has 5 nitrogen and oxygen atoms in total. The molecule has 3 aromatic rings. The number of benzene rings is 1. The van der Waals surface area contributed by atoms with Crippen LogP contribution in [0.1, 0.15) is 11.3 Å². The van der Waals surface area contributed by atoms with Gasteiger partial charge in [0.2, 0.25) is 0 Å². The molecule has 0 spiro atoms. The maximum absolute atomic E-state index is 13.6. The lowest BCUT2D eigenvalue weighted by Crippen LogP contribution is -2.08. The van der Waals surface area contributed by atoms with E-state index in [2.05, 4.69) is 15.1 Å². The summed E-state index contributed by atoms with van der Waals surface area (Å²) in [6.45, 7) is -0.0282. The van der Waals surface area contributed by atoms with Gasteiger partial charge in [0.05, 0.1) is 16.9 Å². The van der Waals surface area contributed by atoms with Crippen molar-refractivity contribution in [2.45, 2.75) is 12.7 Å². The summed E-state index contributed by atoms with van der Waals surface area (Å²) < 4.78 is 52.5. The maximum atomic E-state index is 13.6. The van der Waals surface area contributed by atoms with Crippen LogP contribution in [-0.4, -0.2) is 19.7 Å². The van der Waals surface area contributed by atoms with Crippen LogP contribution >= 0.6 is 11.6 Å². The highest BCUT2D eigenvalue weighted by Crippen LogP contribution is 2.29. The van der Waals surface area contributed by atoms with E-state index in [0.717, 1.165) is 18.3 Å². The molecule has 0 saturated carbocycles. The zero-order chi connectivity index (χ0) is 18.2. The fourth-order valence-corrected chi connectivity index (χ4v) is 2.36. The Morgan fingerprint density at radius 2 is 1.92 bits per heavy atom. The molecule has 0 fully saturated rings. The molecule has 0 aliphatic carbocycles. The van der Waals surface area contributed by atoms with E-state index in [1.54, 1.807) is 0 Å². The maximum Gasteiger partial charge on any atom is 0.433 e. The Morgan fingerprint density at radius 3 is 2.52 bits per heavy atom. The van der Waals surface area contributed by atoms with Gasteiger partial charge in [-0.15, -0.1) is 5.10 Å². The van der Waals surface area contributed by atoms with Gasteiger partial charge in [-0.2, -0.15) is 13.2 Å². The smallest absolute Gasteiger partial charge is 0.326 e. The van der Waals surface area contributed by atoms with E-state index in [0.29, 0.717) is 5.56 Å². The quantitative estimate of drug-likeness (QED) is 0.714. The minimum atomic E-state index is -4.52. The summed E-state index contributed by atoms with van der Waals surface area (Å²) in [5.41, 5.74) is 5.34. The van der Waals surface area contributed by atoms with Crippen molar-refractivity contribution in [3.8, 4) is 17.1 Å². The minimum absolute atomic E-state index is 0.0282. The minimum Gasteiger partial charge on any atom is -0.326 e. The Balaban J connectivity index is 1.96. The predicted octanol–water partition coefficient (Wildman–Crippen LogP) is 3.60. The summed E-state index contributed by atoms with van der Waals surface area (Å²) in [7, 11) is 0. The zero-order valence-electron chi connectivity index (χ0n) is 12.4. The second-order valence-corrected chi connectivity index (χ2v) is 5.45. The van der Waals surface area contributed by atoms with Crippen molar-refractivity contribution >= 4 is 11.6 Å². The second-order valence-electron chi connectivity index (χ2n) is 5.04. The number of hydrogen-bond donors (Lipinski definition) is 1. The number of alkyl halides is 3. The van der Waals surface area contributed by atoms with Gasteiger partial charge >= 0.3 is 6.18 Å². The van der Waals surface area contributed by atoms with Gasteiger partial charge in [0, 0.05) is 17.7 Å². The summed E-state index contributed by atoms with van der Waals surface area (Å²) in [5.74, 6) is -0.359. The lowest BCUT2D eigenvalue weighted by atomic mass is 10.1. The molecule has 2 N–H and O–H groups in total. The third-order valence-electron chi connectivity index (χ3n) is 3.39. The molecule has 130 valence electrons. The van der Waals surface area contributed by atoms with Crippen LogP contribution in [0.3, 0.4) is 0 Å². The molecule has 0 unspecified atom stereocenters. The molecule has 2 heterocycles. The molecule has 0 aliphatic heterocycles. The highest BCUT2D eigenvalue weighted by atomic mass is 35.5. The third-order valence-corrected chi connectivity index (χ3v) is 3.70. The molecular formula is C15H10ClF4N5.